The first-order valence-corrected chi connectivity index (χ1v) is 8.64. The number of methoxy groups -OCH3 is 1. The van der Waals surface area contributed by atoms with Gasteiger partial charge in [-0.3, -0.25) is 9.59 Å². The Morgan fingerprint density at radius 2 is 1.90 bits per heavy atom. The zero-order valence-corrected chi connectivity index (χ0v) is 15.7. The molecule has 8 nitrogen and oxygen atoms in total. The van der Waals surface area contributed by atoms with Gasteiger partial charge in [-0.15, -0.1) is 0 Å². The number of furan rings is 1. The monoisotopic (exact) mass is 398 g/mol. The number of ether oxygens (including phenoxy) is 1. The van der Waals surface area contributed by atoms with E-state index in [-0.39, 0.29) is 29.3 Å². The Morgan fingerprint density at radius 3 is 2.59 bits per heavy atom. The number of carbonyl (C=O) groups excluding carboxylic acids is 1. The van der Waals surface area contributed by atoms with Crippen LogP contribution in [0.1, 0.15) is 40.0 Å². The predicted octanol–water partition coefficient (Wildman–Crippen LogP) is 3.31. The standard InChI is InChI=1S/C21H18O8/c1-11-8-15(22)19(24)20(28-11)14(10-18(23)27-2)17-7-6-16(29-17)12-4-3-5-13(9-12)21(25)26/h3-9,14,24H,10H2,1-2H3,(H,25,26)/t14-/m0/s1. The smallest absolute Gasteiger partial charge is 0.335 e. The molecule has 150 valence electrons. The highest BCUT2D eigenvalue weighted by atomic mass is 16.5. The number of carboxylic acids is 1. The van der Waals surface area contributed by atoms with Crippen LogP contribution in [0.15, 0.2) is 56.1 Å². The molecule has 0 unspecified atom stereocenters. The summed E-state index contributed by atoms with van der Waals surface area (Å²) in [6, 6.07) is 10.5. The maximum absolute atomic E-state index is 12.0. The van der Waals surface area contributed by atoms with Crippen LogP contribution >= 0.6 is 0 Å². The minimum atomic E-state index is -1.08. The van der Waals surface area contributed by atoms with Crippen molar-refractivity contribution >= 4 is 11.9 Å². The molecule has 2 N–H and O–H groups in total. The van der Waals surface area contributed by atoms with Gasteiger partial charge in [-0.25, -0.2) is 4.79 Å². The van der Waals surface area contributed by atoms with Crippen LogP contribution in [0.25, 0.3) is 11.3 Å². The van der Waals surface area contributed by atoms with Crippen LogP contribution in [0.2, 0.25) is 0 Å². The molecule has 0 saturated carbocycles. The molecule has 1 aromatic carbocycles. The Morgan fingerprint density at radius 1 is 1.14 bits per heavy atom. The van der Waals surface area contributed by atoms with Crippen LogP contribution in [0.4, 0.5) is 0 Å². The van der Waals surface area contributed by atoms with Gasteiger partial charge in [0, 0.05) is 11.6 Å². The van der Waals surface area contributed by atoms with Gasteiger partial charge in [-0.1, -0.05) is 12.1 Å². The molecule has 0 saturated heterocycles. The van der Waals surface area contributed by atoms with Crippen molar-refractivity contribution < 1.29 is 33.4 Å². The summed E-state index contributed by atoms with van der Waals surface area (Å²) in [5, 5.41) is 19.4. The molecule has 3 aromatic rings. The van der Waals surface area contributed by atoms with Gasteiger partial charge in [0.15, 0.2) is 5.76 Å². The lowest BCUT2D eigenvalue weighted by molar-refractivity contribution is -0.141. The highest BCUT2D eigenvalue weighted by molar-refractivity contribution is 5.89. The average Bonchev–Trinajstić information content (AvgIpc) is 3.19. The summed E-state index contributed by atoms with van der Waals surface area (Å²) < 4.78 is 16.1. The van der Waals surface area contributed by atoms with Gasteiger partial charge in [0.05, 0.1) is 25.0 Å². The molecular weight excluding hydrogens is 380 g/mol. The Hall–Kier alpha value is -3.81. The molecule has 0 aliphatic carbocycles. The number of rotatable bonds is 6. The topological polar surface area (TPSA) is 127 Å². The first-order chi connectivity index (χ1) is 13.8. The molecule has 3 rings (SSSR count). The van der Waals surface area contributed by atoms with E-state index in [1.807, 2.05) is 0 Å². The lowest BCUT2D eigenvalue weighted by atomic mass is 9.98. The van der Waals surface area contributed by atoms with E-state index in [0.29, 0.717) is 11.3 Å². The van der Waals surface area contributed by atoms with Crippen molar-refractivity contribution in [3.8, 4) is 17.1 Å². The molecule has 29 heavy (non-hydrogen) atoms. The van der Waals surface area contributed by atoms with Gasteiger partial charge < -0.3 is 23.8 Å². The Kier molecular flexibility index (Phi) is 5.54. The quantitative estimate of drug-likeness (QED) is 0.606. The van der Waals surface area contributed by atoms with Gasteiger partial charge in [-0.2, -0.15) is 0 Å². The second-order valence-corrected chi connectivity index (χ2v) is 6.35. The molecule has 0 aliphatic heterocycles. The highest BCUT2D eigenvalue weighted by Crippen LogP contribution is 2.36. The minimum absolute atomic E-state index is 0.0916. The second kappa shape index (κ2) is 8.05. The summed E-state index contributed by atoms with van der Waals surface area (Å²) in [4.78, 5) is 35.1. The Balaban J connectivity index is 2.07. The van der Waals surface area contributed by atoms with E-state index in [2.05, 4.69) is 0 Å². The summed E-state index contributed by atoms with van der Waals surface area (Å²) in [6.45, 7) is 1.55. The predicted molar refractivity (Wildman–Crippen MR) is 101 cm³/mol. The van der Waals surface area contributed by atoms with Crippen LogP contribution in [0.3, 0.4) is 0 Å². The number of hydrogen-bond acceptors (Lipinski definition) is 7. The Labute approximate surface area is 165 Å². The zero-order chi connectivity index (χ0) is 21.1. The number of carboxylic acid groups (broad SMARTS) is 1. The van der Waals surface area contributed by atoms with Crippen molar-refractivity contribution in [2.45, 2.75) is 19.3 Å². The summed E-state index contributed by atoms with van der Waals surface area (Å²) in [6.07, 6.45) is -0.238. The van der Waals surface area contributed by atoms with Crippen LogP contribution in [-0.2, 0) is 9.53 Å². The molecular formula is C21H18O8. The molecule has 0 fully saturated rings. The van der Waals surface area contributed by atoms with Gasteiger partial charge in [-0.05, 0) is 31.2 Å². The van der Waals surface area contributed by atoms with E-state index in [0.717, 1.165) is 6.07 Å². The van der Waals surface area contributed by atoms with Crippen molar-refractivity contribution in [3.05, 3.63) is 75.5 Å². The van der Waals surface area contributed by atoms with E-state index in [9.17, 15) is 19.5 Å². The third kappa shape index (κ3) is 4.21. The van der Waals surface area contributed by atoms with Crippen molar-refractivity contribution in [1.29, 1.82) is 0 Å². The number of benzene rings is 1. The third-order valence-electron chi connectivity index (χ3n) is 4.35. The lowest BCUT2D eigenvalue weighted by Gasteiger charge is -2.14. The van der Waals surface area contributed by atoms with E-state index >= 15 is 0 Å². The number of aryl methyl sites for hydroxylation is 1. The highest BCUT2D eigenvalue weighted by Gasteiger charge is 2.29. The Bertz CT molecular complexity index is 1120. The molecule has 8 heteroatoms. The number of esters is 1. The summed E-state index contributed by atoms with van der Waals surface area (Å²) in [5.41, 5.74) is -0.0312. The fourth-order valence-electron chi connectivity index (χ4n) is 2.94. The number of aromatic carboxylic acids is 1. The van der Waals surface area contributed by atoms with E-state index in [4.69, 9.17) is 18.7 Å². The number of hydrogen-bond donors (Lipinski definition) is 2. The average molecular weight is 398 g/mol. The molecule has 0 amide bonds. The van der Waals surface area contributed by atoms with Gasteiger partial charge in [0.25, 0.3) is 0 Å². The molecule has 1 atom stereocenters. The van der Waals surface area contributed by atoms with E-state index < -0.39 is 29.0 Å². The minimum Gasteiger partial charge on any atom is -0.502 e. The molecule has 0 bridgehead atoms. The van der Waals surface area contributed by atoms with E-state index in [1.54, 1.807) is 31.2 Å². The largest absolute Gasteiger partial charge is 0.502 e. The van der Waals surface area contributed by atoms with Crippen LogP contribution in [0.5, 0.6) is 5.75 Å². The molecule has 0 spiro atoms. The molecule has 2 aromatic heterocycles. The number of carbonyl (C=O) groups is 2. The fraction of sp³-hybridized carbons (Fsp3) is 0.190. The SMILES string of the molecule is COC(=O)C[C@@H](c1ccc(-c2cccc(C(=O)O)c2)o1)c1oc(C)cc(=O)c1O. The molecule has 2 heterocycles. The van der Waals surface area contributed by atoms with Crippen molar-refractivity contribution in [2.24, 2.45) is 0 Å². The van der Waals surface area contributed by atoms with Crippen molar-refractivity contribution in [2.75, 3.05) is 7.11 Å². The first-order valence-electron chi connectivity index (χ1n) is 8.64. The summed E-state index contributed by atoms with van der Waals surface area (Å²) >= 11 is 0. The molecule has 0 radical (unpaired) electrons. The van der Waals surface area contributed by atoms with Crippen LogP contribution in [0, 0.1) is 6.92 Å². The van der Waals surface area contributed by atoms with Crippen molar-refractivity contribution in [3.63, 3.8) is 0 Å². The second-order valence-electron chi connectivity index (χ2n) is 6.35. The normalized spacial score (nSPS) is 11.8. The summed E-state index contributed by atoms with van der Waals surface area (Å²) in [7, 11) is 1.22. The third-order valence-corrected chi connectivity index (χ3v) is 4.35. The first kappa shape index (κ1) is 19.9. The van der Waals surface area contributed by atoms with Crippen LogP contribution in [-0.4, -0.2) is 29.3 Å². The number of aromatic hydroxyl groups is 1. The summed E-state index contributed by atoms with van der Waals surface area (Å²) in [5.74, 6) is -2.44. The van der Waals surface area contributed by atoms with Crippen LogP contribution < -0.4 is 5.43 Å². The molecule has 0 aliphatic rings. The maximum atomic E-state index is 12.0. The lowest BCUT2D eigenvalue weighted by Crippen LogP contribution is -2.13. The van der Waals surface area contributed by atoms with E-state index in [1.165, 1.54) is 19.2 Å². The van der Waals surface area contributed by atoms with Gasteiger partial charge in [0.1, 0.15) is 17.3 Å². The maximum Gasteiger partial charge on any atom is 0.335 e. The fourth-order valence-corrected chi connectivity index (χ4v) is 2.94. The van der Waals surface area contributed by atoms with Gasteiger partial charge >= 0.3 is 11.9 Å². The van der Waals surface area contributed by atoms with Crippen molar-refractivity contribution in [1.82, 2.24) is 0 Å². The zero-order valence-electron chi connectivity index (χ0n) is 15.7. The van der Waals surface area contributed by atoms with Gasteiger partial charge in [0.2, 0.25) is 11.2 Å².